The average Bonchev–Trinajstić information content (AvgIpc) is 2.66. The van der Waals surface area contributed by atoms with Crippen LogP contribution in [0.15, 0.2) is 84.5 Å². The fourth-order valence-electron chi connectivity index (χ4n) is 2.26. The summed E-state index contributed by atoms with van der Waals surface area (Å²) in [5.74, 6) is 1.05. The maximum absolute atomic E-state index is 9.39. The van der Waals surface area contributed by atoms with Crippen molar-refractivity contribution in [3.8, 4) is 17.6 Å². The molecular formula is C23H21NO2. The highest BCUT2D eigenvalue weighted by Gasteiger charge is 1.99. The van der Waals surface area contributed by atoms with Gasteiger partial charge in [-0.15, -0.1) is 0 Å². The molecule has 0 bridgehead atoms. The molecule has 0 spiro atoms. The van der Waals surface area contributed by atoms with Gasteiger partial charge in [0.1, 0.15) is 11.5 Å². The van der Waals surface area contributed by atoms with Crippen molar-refractivity contribution >= 4 is 11.6 Å². The molecule has 0 saturated heterocycles. The molecule has 2 aromatic carbocycles. The van der Waals surface area contributed by atoms with E-state index in [2.05, 4.69) is 0 Å². The van der Waals surface area contributed by atoms with Gasteiger partial charge in [0.05, 0.1) is 13.2 Å². The molecule has 0 aromatic heterocycles. The van der Waals surface area contributed by atoms with Gasteiger partial charge in [-0.05, 0) is 53.5 Å². The van der Waals surface area contributed by atoms with Crippen LogP contribution < -0.4 is 4.74 Å². The van der Waals surface area contributed by atoms with Crippen LogP contribution in [0, 0.1) is 11.3 Å². The first-order valence-electron chi connectivity index (χ1n) is 8.18. The Labute approximate surface area is 154 Å². The first-order chi connectivity index (χ1) is 12.6. The number of nitriles is 1. The average molecular weight is 343 g/mol. The number of rotatable bonds is 6. The Kier molecular flexibility index (Phi) is 7.03. The second-order valence-corrected chi connectivity index (χ2v) is 5.65. The summed E-state index contributed by atoms with van der Waals surface area (Å²) in [6, 6.07) is 16.9. The van der Waals surface area contributed by atoms with Gasteiger partial charge in [0.2, 0.25) is 0 Å². The van der Waals surface area contributed by atoms with Crippen LogP contribution in [0.3, 0.4) is 0 Å². The largest absolute Gasteiger partial charge is 0.508 e. The van der Waals surface area contributed by atoms with E-state index in [1.807, 2.05) is 79.8 Å². The van der Waals surface area contributed by atoms with Gasteiger partial charge in [-0.3, -0.25) is 0 Å². The molecule has 0 radical (unpaired) electrons. The molecule has 130 valence electrons. The monoisotopic (exact) mass is 343 g/mol. The smallest absolute Gasteiger partial charge is 0.118 e. The van der Waals surface area contributed by atoms with E-state index in [9.17, 15) is 5.11 Å². The van der Waals surface area contributed by atoms with Crippen LogP contribution in [0.2, 0.25) is 0 Å². The zero-order chi connectivity index (χ0) is 18.8. The lowest BCUT2D eigenvalue weighted by molar-refractivity contribution is 0.415. The van der Waals surface area contributed by atoms with Crippen LogP contribution in [0.1, 0.15) is 18.1 Å². The molecule has 3 heteroatoms. The molecule has 0 saturated carbocycles. The predicted octanol–water partition coefficient (Wildman–Crippen LogP) is 5.52. The van der Waals surface area contributed by atoms with Gasteiger partial charge in [-0.1, -0.05) is 54.6 Å². The van der Waals surface area contributed by atoms with Gasteiger partial charge in [-0.2, -0.15) is 5.26 Å². The van der Waals surface area contributed by atoms with E-state index in [0.717, 1.165) is 28.0 Å². The molecule has 0 atom stereocenters. The number of nitrogens with zero attached hydrogens (tertiary/aromatic N) is 1. The number of hydrogen-bond donors (Lipinski definition) is 1. The van der Waals surface area contributed by atoms with Gasteiger partial charge in [-0.25, -0.2) is 0 Å². The highest BCUT2D eigenvalue weighted by molar-refractivity contribution is 5.80. The fourth-order valence-corrected chi connectivity index (χ4v) is 2.26. The summed E-state index contributed by atoms with van der Waals surface area (Å²) in [4.78, 5) is 0. The molecule has 3 nitrogen and oxygen atoms in total. The standard InChI is InChI=1S/C23H21NO2/c1-18(16-17-24)4-3-5-20(21-10-14-23(26-2)15-11-21)9-6-19-7-12-22(25)13-8-19/h3-16,25H,1-2H3/b4-3+,9-6+,18-16+,20-5-. The third-order valence-corrected chi connectivity index (χ3v) is 3.70. The number of benzene rings is 2. The molecule has 0 unspecified atom stereocenters. The maximum Gasteiger partial charge on any atom is 0.118 e. The SMILES string of the molecule is COc1ccc(C(=C\C=C\C(C)=C\C#N)/C=C/c2ccc(O)cc2)cc1. The summed E-state index contributed by atoms with van der Waals surface area (Å²) in [7, 11) is 1.64. The Balaban J connectivity index is 2.32. The number of methoxy groups -OCH3 is 1. The zero-order valence-electron chi connectivity index (χ0n) is 14.9. The van der Waals surface area contributed by atoms with Crippen molar-refractivity contribution in [2.24, 2.45) is 0 Å². The summed E-state index contributed by atoms with van der Waals surface area (Å²) >= 11 is 0. The normalized spacial score (nSPS) is 12.5. The van der Waals surface area contributed by atoms with Gasteiger partial charge < -0.3 is 9.84 Å². The Hall–Kier alpha value is -3.51. The van der Waals surface area contributed by atoms with E-state index in [1.54, 1.807) is 19.2 Å². The summed E-state index contributed by atoms with van der Waals surface area (Å²) < 4.78 is 5.22. The topological polar surface area (TPSA) is 53.2 Å². The minimum Gasteiger partial charge on any atom is -0.508 e. The summed E-state index contributed by atoms with van der Waals surface area (Å²) in [6.45, 7) is 1.88. The lowest BCUT2D eigenvalue weighted by Gasteiger charge is -2.05. The summed E-state index contributed by atoms with van der Waals surface area (Å²) in [5.41, 5.74) is 3.95. The van der Waals surface area contributed by atoms with Crippen LogP contribution in [0.25, 0.3) is 11.6 Å². The lowest BCUT2D eigenvalue weighted by atomic mass is 10.0. The molecular weight excluding hydrogens is 322 g/mol. The third-order valence-electron chi connectivity index (χ3n) is 3.70. The second-order valence-electron chi connectivity index (χ2n) is 5.65. The van der Waals surface area contributed by atoms with E-state index < -0.39 is 0 Å². The van der Waals surface area contributed by atoms with Crippen molar-refractivity contribution in [3.05, 3.63) is 95.6 Å². The third kappa shape index (κ3) is 5.85. The molecule has 2 aromatic rings. The molecule has 26 heavy (non-hydrogen) atoms. The van der Waals surface area contributed by atoms with Crippen LogP contribution in [-0.2, 0) is 0 Å². The van der Waals surface area contributed by atoms with Crippen molar-refractivity contribution in [2.75, 3.05) is 7.11 Å². The van der Waals surface area contributed by atoms with E-state index in [-0.39, 0.29) is 5.75 Å². The molecule has 0 aliphatic carbocycles. The fraction of sp³-hybridized carbons (Fsp3) is 0.0870. The van der Waals surface area contributed by atoms with Crippen molar-refractivity contribution in [3.63, 3.8) is 0 Å². The molecule has 0 aliphatic heterocycles. The number of aromatic hydroxyl groups is 1. The Morgan fingerprint density at radius 2 is 1.73 bits per heavy atom. The van der Waals surface area contributed by atoms with Gasteiger partial charge >= 0.3 is 0 Å². The first kappa shape index (κ1) is 18.8. The first-order valence-corrected chi connectivity index (χ1v) is 8.18. The Morgan fingerprint density at radius 3 is 2.35 bits per heavy atom. The van der Waals surface area contributed by atoms with Crippen molar-refractivity contribution < 1.29 is 9.84 Å². The van der Waals surface area contributed by atoms with Gasteiger partial charge in [0, 0.05) is 6.08 Å². The van der Waals surface area contributed by atoms with Crippen LogP contribution in [0.4, 0.5) is 0 Å². The minimum absolute atomic E-state index is 0.246. The van der Waals surface area contributed by atoms with Crippen molar-refractivity contribution in [1.29, 1.82) is 5.26 Å². The van der Waals surface area contributed by atoms with E-state index in [0.29, 0.717) is 0 Å². The number of phenols is 1. The zero-order valence-corrected chi connectivity index (χ0v) is 14.9. The highest BCUT2D eigenvalue weighted by Crippen LogP contribution is 2.21. The van der Waals surface area contributed by atoms with Gasteiger partial charge in [0.15, 0.2) is 0 Å². The minimum atomic E-state index is 0.246. The molecule has 2 rings (SSSR count). The van der Waals surface area contributed by atoms with Crippen molar-refractivity contribution in [2.45, 2.75) is 6.92 Å². The van der Waals surface area contributed by atoms with Crippen LogP contribution in [-0.4, -0.2) is 12.2 Å². The molecule has 1 N–H and O–H groups in total. The number of hydrogen-bond acceptors (Lipinski definition) is 3. The lowest BCUT2D eigenvalue weighted by Crippen LogP contribution is -1.85. The van der Waals surface area contributed by atoms with Crippen LogP contribution in [0.5, 0.6) is 11.5 Å². The van der Waals surface area contributed by atoms with E-state index >= 15 is 0 Å². The number of phenolic OH excluding ortho intramolecular Hbond substituents is 1. The molecule has 0 fully saturated rings. The number of ether oxygens (including phenoxy) is 1. The summed E-state index contributed by atoms with van der Waals surface area (Å²) in [5, 5.41) is 18.1. The maximum atomic E-state index is 9.39. The van der Waals surface area contributed by atoms with Crippen molar-refractivity contribution in [1.82, 2.24) is 0 Å². The highest BCUT2D eigenvalue weighted by atomic mass is 16.5. The van der Waals surface area contributed by atoms with E-state index in [4.69, 9.17) is 10.00 Å². The molecule has 0 heterocycles. The second kappa shape index (κ2) is 9.71. The van der Waals surface area contributed by atoms with Crippen LogP contribution >= 0.6 is 0 Å². The Bertz CT molecular complexity index is 877. The number of allylic oxidation sites excluding steroid dienone is 7. The molecule has 0 amide bonds. The quantitative estimate of drug-likeness (QED) is 0.555. The van der Waals surface area contributed by atoms with Gasteiger partial charge in [0.25, 0.3) is 0 Å². The predicted molar refractivity (Wildman–Crippen MR) is 107 cm³/mol. The van der Waals surface area contributed by atoms with E-state index in [1.165, 1.54) is 6.08 Å². The Morgan fingerprint density at radius 1 is 1.04 bits per heavy atom. The summed E-state index contributed by atoms with van der Waals surface area (Å²) in [6.07, 6.45) is 11.3. The molecule has 0 aliphatic rings.